The molecule has 0 aliphatic heterocycles. The van der Waals surface area contributed by atoms with Crippen LogP contribution in [0.15, 0.2) is 18.3 Å². The third-order valence-electron chi connectivity index (χ3n) is 2.20. The number of aromatic nitrogens is 2. The lowest BCUT2D eigenvalue weighted by Crippen LogP contribution is -2.06. The SMILES string of the molecule is Cc1ccn2c(CCN)nc(Cl)c2c1. The van der Waals surface area contributed by atoms with Crippen molar-refractivity contribution in [1.29, 1.82) is 0 Å². The van der Waals surface area contributed by atoms with Gasteiger partial charge in [-0.25, -0.2) is 4.98 Å². The minimum atomic E-state index is 0.553. The molecule has 14 heavy (non-hydrogen) atoms. The van der Waals surface area contributed by atoms with E-state index in [-0.39, 0.29) is 0 Å². The van der Waals surface area contributed by atoms with Crippen LogP contribution in [0.2, 0.25) is 5.15 Å². The van der Waals surface area contributed by atoms with Crippen molar-refractivity contribution in [2.24, 2.45) is 5.73 Å². The smallest absolute Gasteiger partial charge is 0.155 e. The lowest BCUT2D eigenvalue weighted by molar-refractivity contribution is 0.862. The maximum Gasteiger partial charge on any atom is 0.155 e. The number of aryl methyl sites for hydroxylation is 1. The van der Waals surface area contributed by atoms with Crippen molar-refractivity contribution < 1.29 is 0 Å². The van der Waals surface area contributed by atoms with E-state index in [1.807, 2.05) is 29.7 Å². The van der Waals surface area contributed by atoms with E-state index in [2.05, 4.69) is 4.98 Å². The molecule has 2 heterocycles. The van der Waals surface area contributed by atoms with Crippen LogP contribution in [0.3, 0.4) is 0 Å². The fourth-order valence-electron chi connectivity index (χ4n) is 1.52. The van der Waals surface area contributed by atoms with Crippen LogP contribution in [0, 0.1) is 6.92 Å². The second kappa shape index (κ2) is 3.59. The predicted molar refractivity (Wildman–Crippen MR) is 57.7 cm³/mol. The molecule has 0 aliphatic rings. The van der Waals surface area contributed by atoms with Gasteiger partial charge in [0.1, 0.15) is 5.82 Å². The molecule has 3 nitrogen and oxygen atoms in total. The van der Waals surface area contributed by atoms with Crippen molar-refractivity contribution in [3.63, 3.8) is 0 Å². The van der Waals surface area contributed by atoms with Gasteiger partial charge in [0.25, 0.3) is 0 Å². The fourth-order valence-corrected chi connectivity index (χ4v) is 1.76. The van der Waals surface area contributed by atoms with E-state index >= 15 is 0 Å². The standard InChI is InChI=1S/C10H12ClN3/c1-7-3-5-14-8(6-7)10(11)13-9(14)2-4-12/h3,5-6H,2,4,12H2,1H3. The van der Waals surface area contributed by atoms with Crippen molar-refractivity contribution in [2.45, 2.75) is 13.3 Å². The summed E-state index contributed by atoms with van der Waals surface area (Å²) in [6.07, 6.45) is 2.73. The molecule has 0 bridgehead atoms. The van der Waals surface area contributed by atoms with E-state index in [0.29, 0.717) is 11.7 Å². The van der Waals surface area contributed by atoms with E-state index in [1.165, 1.54) is 5.56 Å². The third-order valence-corrected chi connectivity index (χ3v) is 2.47. The molecule has 0 saturated carbocycles. The minimum absolute atomic E-state index is 0.553. The molecule has 4 heteroatoms. The van der Waals surface area contributed by atoms with Gasteiger partial charge in [0.05, 0.1) is 5.52 Å². The number of halogens is 1. The molecule has 2 N–H and O–H groups in total. The molecule has 0 unspecified atom stereocenters. The van der Waals surface area contributed by atoms with Crippen LogP contribution in [0.1, 0.15) is 11.4 Å². The van der Waals surface area contributed by atoms with Crippen LogP contribution >= 0.6 is 11.6 Å². The van der Waals surface area contributed by atoms with Gasteiger partial charge in [-0.2, -0.15) is 0 Å². The van der Waals surface area contributed by atoms with Gasteiger partial charge in [-0.15, -0.1) is 0 Å². The maximum absolute atomic E-state index is 6.01. The first-order valence-electron chi connectivity index (χ1n) is 4.55. The summed E-state index contributed by atoms with van der Waals surface area (Å²) in [5.74, 6) is 0.924. The molecule has 0 spiro atoms. The Morgan fingerprint density at radius 3 is 3.07 bits per heavy atom. The lowest BCUT2D eigenvalue weighted by Gasteiger charge is -1.99. The Kier molecular flexibility index (Phi) is 2.44. The first-order valence-corrected chi connectivity index (χ1v) is 4.93. The van der Waals surface area contributed by atoms with E-state index in [4.69, 9.17) is 17.3 Å². The molecule has 0 atom stereocenters. The summed E-state index contributed by atoms with van der Waals surface area (Å²) >= 11 is 6.01. The Morgan fingerprint density at radius 1 is 1.57 bits per heavy atom. The molecule has 2 aromatic rings. The average Bonchev–Trinajstić information content (AvgIpc) is 2.44. The van der Waals surface area contributed by atoms with Crippen molar-refractivity contribution in [2.75, 3.05) is 6.54 Å². The van der Waals surface area contributed by atoms with Gasteiger partial charge in [-0.3, -0.25) is 0 Å². The maximum atomic E-state index is 6.01. The van der Waals surface area contributed by atoms with Gasteiger partial charge in [-0.05, 0) is 31.2 Å². The van der Waals surface area contributed by atoms with Crippen molar-refractivity contribution >= 4 is 17.1 Å². The van der Waals surface area contributed by atoms with Gasteiger partial charge in [0.2, 0.25) is 0 Å². The first kappa shape index (κ1) is 9.49. The van der Waals surface area contributed by atoms with E-state index < -0.39 is 0 Å². The Balaban J connectivity index is 2.65. The zero-order valence-corrected chi connectivity index (χ0v) is 8.75. The summed E-state index contributed by atoms with van der Waals surface area (Å²) in [5, 5.41) is 0.553. The third kappa shape index (κ3) is 1.49. The molecule has 0 aromatic carbocycles. The highest BCUT2D eigenvalue weighted by atomic mass is 35.5. The minimum Gasteiger partial charge on any atom is -0.330 e. The highest BCUT2D eigenvalue weighted by Crippen LogP contribution is 2.19. The van der Waals surface area contributed by atoms with Crippen molar-refractivity contribution in [3.05, 3.63) is 34.9 Å². The summed E-state index contributed by atoms with van der Waals surface area (Å²) in [5.41, 5.74) is 7.63. The molecule has 0 saturated heterocycles. The van der Waals surface area contributed by atoms with Crippen LogP contribution in [-0.2, 0) is 6.42 Å². The summed E-state index contributed by atoms with van der Waals surface area (Å²) in [4.78, 5) is 4.27. The fraction of sp³-hybridized carbons (Fsp3) is 0.300. The van der Waals surface area contributed by atoms with Crippen LogP contribution in [0.4, 0.5) is 0 Å². The number of imidazole rings is 1. The molecule has 0 amide bonds. The monoisotopic (exact) mass is 209 g/mol. The van der Waals surface area contributed by atoms with Crippen LogP contribution < -0.4 is 5.73 Å². The second-order valence-electron chi connectivity index (χ2n) is 3.32. The van der Waals surface area contributed by atoms with Gasteiger partial charge in [-0.1, -0.05) is 11.6 Å². The van der Waals surface area contributed by atoms with E-state index in [1.54, 1.807) is 0 Å². The second-order valence-corrected chi connectivity index (χ2v) is 3.67. The number of hydrogen-bond donors (Lipinski definition) is 1. The molecule has 2 rings (SSSR count). The number of pyridine rings is 1. The van der Waals surface area contributed by atoms with Crippen LogP contribution in [-0.4, -0.2) is 15.9 Å². The largest absolute Gasteiger partial charge is 0.330 e. The zero-order chi connectivity index (χ0) is 10.1. The zero-order valence-electron chi connectivity index (χ0n) is 8.00. The van der Waals surface area contributed by atoms with Gasteiger partial charge in [0, 0.05) is 12.6 Å². The molecule has 0 radical (unpaired) electrons. The highest BCUT2D eigenvalue weighted by Gasteiger charge is 2.07. The van der Waals surface area contributed by atoms with Crippen molar-refractivity contribution in [1.82, 2.24) is 9.38 Å². The summed E-state index contributed by atoms with van der Waals surface area (Å²) in [6.45, 7) is 2.62. The summed E-state index contributed by atoms with van der Waals surface area (Å²) in [6, 6.07) is 4.06. The highest BCUT2D eigenvalue weighted by molar-refractivity contribution is 6.32. The van der Waals surface area contributed by atoms with Gasteiger partial charge < -0.3 is 10.1 Å². The van der Waals surface area contributed by atoms with Crippen LogP contribution in [0.5, 0.6) is 0 Å². The molecule has 74 valence electrons. The quantitative estimate of drug-likeness (QED) is 0.820. The number of fused-ring (bicyclic) bond motifs is 1. The average molecular weight is 210 g/mol. The molecule has 0 fully saturated rings. The Labute approximate surface area is 87.5 Å². The number of nitrogens with two attached hydrogens (primary N) is 1. The molecular formula is C10H12ClN3. The Hall–Kier alpha value is -1.06. The number of rotatable bonds is 2. The van der Waals surface area contributed by atoms with E-state index in [0.717, 1.165) is 17.8 Å². The number of nitrogens with zero attached hydrogens (tertiary/aromatic N) is 2. The Bertz CT molecular complexity index is 462. The summed E-state index contributed by atoms with van der Waals surface area (Å²) in [7, 11) is 0. The first-order chi connectivity index (χ1) is 6.72. The Morgan fingerprint density at radius 2 is 2.36 bits per heavy atom. The van der Waals surface area contributed by atoms with Gasteiger partial charge >= 0.3 is 0 Å². The topological polar surface area (TPSA) is 43.3 Å². The normalized spacial score (nSPS) is 11.1. The van der Waals surface area contributed by atoms with Crippen LogP contribution in [0.25, 0.3) is 5.52 Å². The van der Waals surface area contributed by atoms with Crippen molar-refractivity contribution in [3.8, 4) is 0 Å². The predicted octanol–water partition coefficient (Wildman–Crippen LogP) is 1.80. The molecule has 0 aliphatic carbocycles. The lowest BCUT2D eigenvalue weighted by atomic mass is 10.3. The molecular weight excluding hydrogens is 198 g/mol. The summed E-state index contributed by atoms with van der Waals surface area (Å²) < 4.78 is 1.99. The molecule has 2 aromatic heterocycles. The van der Waals surface area contributed by atoms with E-state index in [9.17, 15) is 0 Å². The van der Waals surface area contributed by atoms with Gasteiger partial charge in [0.15, 0.2) is 5.15 Å². The number of hydrogen-bond acceptors (Lipinski definition) is 2.